The van der Waals surface area contributed by atoms with Crippen molar-refractivity contribution >= 4 is 11.7 Å². The minimum atomic E-state index is 0.0425. The summed E-state index contributed by atoms with van der Waals surface area (Å²) < 4.78 is 0. The highest BCUT2D eigenvalue weighted by molar-refractivity contribution is 5.73. The molecule has 6 nitrogen and oxygen atoms in total. The Bertz CT molecular complexity index is 1080. The largest absolute Gasteiger partial charge is 0.366 e. The molecule has 6 heteroatoms. The first-order valence-electron chi connectivity index (χ1n) is 11.0. The van der Waals surface area contributed by atoms with Gasteiger partial charge in [-0.2, -0.15) is 0 Å². The van der Waals surface area contributed by atoms with E-state index in [0.717, 1.165) is 56.0 Å². The van der Waals surface area contributed by atoms with Crippen molar-refractivity contribution in [2.45, 2.75) is 44.6 Å². The normalized spacial score (nSPS) is 16.9. The summed E-state index contributed by atoms with van der Waals surface area (Å²) in [6, 6.07) is 14.2. The third-order valence-corrected chi connectivity index (χ3v) is 6.77. The first kappa shape index (κ1) is 19.7. The van der Waals surface area contributed by atoms with E-state index in [2.05, 4.69) is 22.4 Å². The van der Waals surface area contributed by atoms with Crippen LogP contribution in [-0.4, -0.2) is 38.8 Å². The fourth-order valence-corrected chi connectivity index (χ4v) is 4.93. The molecule has 0 unspecified atom stereocenters. The molecule has 2 aromatic heterocycles. The molecule has 2 aliphatic rings. The van der Waals surface area contributed by atoms with Gasteiger partial charge in [-0.05, 0) is 43.4 Å². The number of benzene rings is 1. The molecule has 1 spiro atoms. The van der Waals surface area contributed by atoms with E-state index in [0.29, 0.717) is 6.54 Å². The van der Waals surface area contributed by atoms with E-state index in [1.54, 1.807) is 6.92 Å². The molecule has 0 atom stereocenters. The summed E-state index contributed by atoms with van der Waals surface area (Å²) in [6.45, 7) is 3.97. The Balaban J connectivity index is 1.52. The lowest BCUT2D eigenvalue weighted by Gasteiger charge is -2.39. The smallest absolute Gasteiger partial charge is 0.219 e. The quantitative estimate of drug-likeness (QED) is 0.701. The van der Waals surface area contributed by atoms with E-state index >= 15 is 0 Å². The molecule has 0 bridgehead atoms. The second-order valence-electron chi connectivity index (χ2n) is 8.58. The second kappa shape index (κ2) is 8.10. The van der Waals surface area contributed by atoms with Gasteiger partial charge in [-0.3, -0.25) is 9.78 Å². The Hall–Kier alpha value is -3.28. The van der Waals surface area contributed by atoms with Gasteiger partial charge in [-0.25, -0.2) is 9.97 Å². The molecule has 1 aliphatic heterocycles. The summed E-state index contributed by atoms with van der Waals surface area (Å²) in [5, 5.41) is 3.58. The number of pyridine rings is 1. The van der Waals surface area contributed by atoms with Crippen LogP contribution in [0.2, 0.25) is 0 Å². The standard InChI is InChI=1S/C25H27N5O/c1-18(31)30-15-11-25(12-16-30)10-7-21-22(25)28-23(20-5-3-2-4-6-20)29-24(21)27-17-19-8-13-26-14-9-19/h2-6,8-9,13-14H,7,10-12,15-17H2,1H3,(H,27,28,29). The van der Waals surface area contributed by atoms with Gasteiger partial charge >= 0.3 is 0 Å². The van der Waals surface area contributed by atoms with Crippen molar-refractivity contribution in [1.82, 2.24) is 19.9 Å². The van der Waals surface area contributed by atoms with Crippen LogP contribution in [0.25, 0.3) is 11.4 Å². The maximum Gasteiger partial charge on any atom is 0.219 e. The van der Waals surface area contributed by atoms with Crippen LogP contribution in [0.3, 0.4) is 0 Å². The van der Waals surface area contributed by atoms with Gasteiger partial charge in [0, 0.05) is 55.5 Å². The van der Waals surface area contributed by atoms with E-state index < -0.39 is 0 Å². The lowest BCUT2D eigenvalue weighted by Crippen LogP contribution is -2.43. The summed E-state index contributed by atoms with van der Waals surface area (Å²) in [4.78, 5) is 28.0. The van der Waals surface area contributed by atoms with Crippen molar-refractivity contribution in [2.24, 2.45) is 0 Å². The number of aromatic nitrogens is 3. The van der Waals surface area contributed by atoms with Gasteiger partial charge in [0.15, 0.2) is 5.82 Å². The van der Waals surface area contributed by atoms with Crippen molar-refractivity contribution in [3.63, 3.8) is 0 Å². The third-order valence-electron chi connectivity index (χ3n) is 6.77. The third kappa shape index (κ3) is 3.78. The predicted molar refractivity (Wildman–Crippen MR) is 121 cm³/mol. The number of nitrogens with zero attached hydrogens (tertiary/aromatic N) is 4. The molecule has 1 amide bonds. The van der Waals surface area contributed by atoms with Crippen LogP contribution in [0.15, 0.2) is 54.9 Å². The Labute approximate surface area is 182 Å². The van der Waals surface area contributed by atoms with Crippen molar-refractivity contribution in [1.29, 1.82) is 0 Å². The molecule has 0 saturated carbocycles. The summed E-state index contributed by atoms with van der Waals surface area (Å²) in [5.41, 5.74) is 4.67. The molecule has 1 saturated heterocycles. The molecule has 5 rings (SSSR count). The van der Waals surface area contributed by atoms with Gasteiger partial charge in [-0.15, -0.1) is 0 Å². The van der Waals surface area contributed by atoms with Gasteiger partial charge in [0.25, 0.3) is 0 Å². The number of nitrogens with one attached hydrogen (secondary N) is 1. The number of carbonyl (C=O) groups excluding carboxylic acids is 1. The maximum atomic E-state index is 11.8. The van der Waals surface area contributed by atoms with E-state index in [4.69, 9.17) is 9.97 Å². The molecule has 0 radical (unpaired) electrons. The zero-order valence-electron chi connectivity index (χ0n) is 17.8. The highest BCUT2D eigenvalue weighted by Gasteiger charge is 2.44. The van der Waals surface area contributed by atoms with Crippen LogP contribution in [0.1, 0.15) is 43.0 Å². The van der Waals surface area contributed by atoms with Gasteiger partial charge < -0.3 is 10.2 Å². The highest BCUT2D eigenvalue weighted by Crippen LogP contribution is 2.47. The van der Waals surface area contributed by atoms with Crippen molar-refractivity contribution in [3.8, 4) is 11.4 Å². The summed E-state index contributed by atoms with van der Waals surface area (Å²) in [5.74, 6) is 1.87. The van der Waals surface area contributed by atoms with Crippen LogP contribution in [-0.2, 0) is 23.2 Å². The maximum absolute atomic E-state index is 11.8. The van der Waals surface area contributed by atoms with Gasteiger partial charge in [-0.1, -0.05) is 30.3 Å². The topological polar surface area (TPSA) is 71.0 Å². The first-order chi connectivity index (χ1) is 15.1. The monoisotopic (exact) mass is 413 g/mol. The lowest BCUT2D eigenvalue weighted by molar-refractivity contribution is -0.130. The van der Waals surface area contributed by atoms with Crippen LogP contribution < -0.4 is 5.32 Å². The molecule has 1 aliphatic carbocycles. The number of likely N-dealkylation sites (tertiary alicyclic amines) is 1. The van der Waals surface area contributed by atoms with E-state index in [1.165, 1.54) is 16.8 Å². The average molecular weight is 414 g/mol. The Morgan fingerprint density at radius 3 is 2.48 bits per heavy atom. The predicted octanol–water partition coefficient (Wildman–Crippen LogP) is 3.98. The highest BCUT2D eigenvalue weighted by atomic mass is 16.2. The molecular weight excluding hydrogens is 386 g/mol. The zero-order valence-corrected chi connectivity index (χ0v) is 17.8. The lowest BCUT2D eigenvalue weighted by atomic mass is 9.76. The molecule has 1 fully saturated rings. The average Bonchev–Trinajstić information content (AvgIpc) is 3.17. The number of hydrogen-bond acceptors (Lipinski definition) is 5. The molecular formula is C25H27N5O. The van der Waals surface area contributed by atoms with Gasteiger partial charge in [0.2, 0.25) is 5.91 Å². The number of rotatable bonds is 4. The molecule has 31 heavy (non-hydrogen) atoms. The van der Waals surface area contributed by atoms with Crippen LogP contribution in [0, 0.1) is 0 Å². The Kier molecular flexibility index (Phi) is 5.14. The molecule has 3 aromatic rings. The van der Waals surface area contributed by atoms with E-state index in [-0.39, 0.29) is 11.3 Å². The second-order valence-corrected chi connectivity index (χ2v) is 8.58. The summed E-state index contributed by atoms with van der Waals surface area (Å²) in [6.07, 6.45) is 7.61. The number of anilines is 1. The zero-order chi connectivity index (χ0) is 21.3. The van der Waals surface area contributed by atoms with Gasteiger partial charge in [0.1, 0.15) is 5.82 Å². The van der Waals surface area contributed by atoms with Crippen LogP contribution >= 0.6 is 0 Å². The van der Waals surface area contributed by atoms with E-state index in [9.17, 15) is 4.79 Å². The van der Waals surface area contributed by atoms with Crippen molar-refractivity contribution in [2.75, 3.05) is 18.4 Å². The molecule has 3 heterocycles. The van der Waals surface area contributed by atoms with Crippen LogP contribution in [0.5, 0.6) is 0 Å². The fourth-order valence-electron chi connectivity index (χ4n) is 4.93. The Morgan fingerprint density at radius 1 is 1.03 bits per heavy atom. The van der Waals surface area contributed by atoms with Crippen LogP contribution in [0.4, 0.5) is 5.82 Å². The number of fused-ring (bicyclic) bond motifs is 2. The fraction of sp³-hybridized carbons (Fsp3) is 0.360. The van der Waals surface area contributed by atoms with Gasteiger partial charge in [0.05, 0.1) is 5.69 Å². The first-order valence-corrected chi connectivity index (χ1v) is 11.0. The minimum absolute atomic E-state index is 0.0425. The number of carbonyl (C=O) groups is 1. The van der Waals surface area contributed by atoms with E-state index in [1.807, 2.05) is 47.6 Å². The summed E-state index contributed by atoms with van der Waals surface area (Å²) >= 11 is 0. The number of hydrogen-bond donors (Lipinski definition) is 1. The van der Waals surface area contributed by atoms with Crippen molar-refractivity contribution in [3.05, 3.63) is 71.7 Å². The molecule has 158 valence electrons. The number of amides is 1. The number of piperidine rings is 1. The summed E-state index contributed by atoms with van der Waals surface area (Å²) in [7, 11) is 0. The molecule has 1 aromatic carbocycles. The Morgan fingerprint density at radius 2 is 1.77 bits per heavy atom. The van der Waals surface area contributed by atoms with Crippen molar-refractivity contribution < 1.29 is 4.79 Å². The minimum Gasteiger partial charge on any atom is -0.366 e. The SMILES string of the molecule is CC(=O)N1CCC2(CCc3c(NCc4ccncc4)nc(-c4ccccc4)nc32)CC1. The molecule has 1 N–H and O–H groups in total.